The zero-order chi connectivity index (χ0) is 12.1. The summed E-state index contributed by atoms with van der Waals surface area (Å²) in [4.78, 5) is 10.6. The van der Waals surface area contributed by atoms with Crippen molar-refractivity contribution in [2.45, 2.75) is 19.1 Å². The fraction of sp³-hybridized carbons (Fsp3) is 0.364. The summed E-state index contributed by atoms with van der Waals surface area (Å²) < 4.78 is 5.14. The van der Waals surface area contributed by atoms with Crippen LogP contribution in [0.2, 0.25) is 0 Å². The van der Waals surface area contributed by atoms with Gasteiger partial charge in [-0.2, -0.15) is 0 Å². The number of nitrogens with two attached hydrogens (primary N) is 1. The Labute approximate surface area is 93.5 Å². The van der Waals surface area contributed by atoms with Crippen molar-refractivity contribution >= 4 is 5.97 Å². The lowest BCUT2D eigenvalue weighted by atomic mass is 10.0. The molecular formula is C11H15NO4. The van der Waals surface area contributed by atoms with Gasteiger partial charge in [0.1, 0.15) is 11.8 Å². The number of aliphatic carboxylic acids is 1. The monoisotopic (exact) mass is 225 g/mol. The topological polar surface area (TPSA) is 92.8 Å². The first-order valence-electron chi connectivity index (χ1n) is 4.84. The van der Waals surface area contributed by atoms with Crippen LogP contribution in [0.25, 0.3) is 0 Å². The molecule has 1 rings (SSSR count). The Balaban J connectivity index is 2.99. The second-order valence-corrected chi connectivity index (χ2v) is 3.42. The highest BCUT2D eigenvalue weighted by Crippen LogP contribution is 2.24. The first-order valence-corrected chi connectivity index (χ1v) is 4.84. The lowest BCUT2D eigenvalue weighted by molar-refractivity contribution is -0.138. The summed E-state index contributed by atoms with van der Waals surface area (Å²) in [6.07, 6.45) is 0.173. The number of carboxylic acids is 1. The molecular weight excluding hydrogens is 210 g/mol. The van der Waals surface area contributed by atoms with Crippen molar-refractivity contribution in [2.75, 3.05) is 7.11 Å². The highest BCUT2D eigenvalue weighted by molar-refractivity contribution is 5.73. The fourth-order valence-corrected chi connectivity index (χ4v) is 1.51. The Morgan fingerprint density at radius 1 is 1.50 bits per heavy atom. The molecule has 4 N–H and O–H groups in total. The minimum absolute atomic E-state index is 0.153. The molecule has 0 spiro atoms. The highest BCUT2D eigenvalue weighted by Gasteiger charge is 2.16. The third-order valence-corrected chi connectivity index (χ3v) is 2.31. The van der Waals surface area contributed by atoms with Crippen LogP contribution < -0.4 is 10.5 Å². The first-order chi connectivity index (χ1) is 7.60. The molecule has 1 unspecified atom stereocenters. The van der Waals surface area contributed by atoms with E-state index in [1.165, 1.54) is 7.11 Å². The number of carbonyl (C=O) groups is 1. The van der Waals surface area contributed by atoms with Gasteiger partial charge in [0.25, 0.3) is 0 Å². The van der Waals surface area contributed by atoms with Gasteiger partial charge in [0.15, 0.2) is 0 Å². The molecule has 0 aliphatic carbocycles. The Kier molecular flexibility index (Phi) is 4.28. The van der Waals surface area contributed by atoms with Crippen LogP contribution in [0.15, 0.2) is 18.2 Å². The maximum atomic E-state index is 10.6. The molecule has 0 saturated heterocycles. The third-order valence-electron chi connectivity index (χ3n) is 2.31. The fourth-order valence-electron chi connectivity index (χ4n) is 1.51. The molecule has 0 aliphatic heterocycles. The third kappa shape index (κ3) is 2.71. The van der Waals surface area contributed by atoms with E-state index in [-0.39, 0.29) is 13.0 Å². The number of aliphatic hydroxyl groups is 1. The van der Waals surface area contributed by atoms with Crippen LogP contribution in [0.5, 0.6) is 5.75 Å². The summed E-state index contributed by atoms with van der Waals surface area (Å²) in [6, 6.07) is 4.22. The molecule has 0 saturated carbocycles. The molecule has 0 heterocycles. The van der Waals surface area contributed by atoms with Gasteiger partial charge >= 0.3 is 5.97 Å². The van der Waals surface area contributed by atoms with Crippen molar-refractivity contribution in [2.24, 2.45) is 5.73 Å². The zero-order valence-corrected chi connectivity index (χ0v) is 9.01. The van der Waals surface area contributed by atoms with E-state index in [0.29, 0.717) is 16.9 Å². The molecule has 16 heavy (non-hydrogen) atoms. The average Bonchev–Trinajstić information content (AvgIpc) is 2.28. The summed E-state index contributed by atoms with van der Waals surface area (Å²) in [5.74, 6) is -0.557. The molecule has 5 heteroatoms. The Hall–Kier alpha value is -1.59. The van der Waals surface area contributed by atoms with Crippen molar-refractivity contribution in [1.82, 2.24) is 0 Å². The van der Waals surface area contributed by atoms with Crippen molar-refractivity contribution in [1.29, 1.82) is 0 Å². The van der Waals surface area contributed by atoms with Crippen molar-refractivity contribution < 1.29 is 19.7 Å². The SMILES string of the molecule is COc1c(CO)cccc1CC(N)C(=O)O. The Bertz CT molecular complexity index is 378. The predicted octanol–water partition coefficient (Wildman–Crippen LogP) is 0.142. The van der Waals surface area contributed by atoms with Gasteiger partial charge < -0.3 is 20.7 Å². The number of hydrogen-bond acceptors (Lipinski definition) is 4. The number of aliphatic hydroxyl groups excluding tert-OH is 1. The number of hydrogen-bond donors (Lipinski definition) is 3. The van der Waals surface area contributed by atoms with E-state index in [0.717, 1.165) is 0 Å². The molecule has 1 atom stereocenters. The number of benzene rings is 1. The van der Waals surface area contributed by atoms with Crippen LogP contribution >= 0.6 is 0 Å². The molecule has 0 radical (unpaired) electrons. The van der Waals surface area contributed by atoms with Gasteiger partial charge in [-0.25, -0.2) is 0 Å². The molecule has 0 fully saturated rings. The summed E-state index contributed by atoms with van der Waals surface area (Å²) in [5.41, 5.74) is 6.75. The van der Waals surface area contributed by atoms with Gasteiger partial charge in [0, 0.05) is 12.0 Å². The highest BCUT2D eigenvalue weighted by atomic mass is 16.5. The van der Waals surface area contributed by atoms with E-state index >= 15 is 0 Å². The van der Waals surface area contributed by atoms with Crippen LogP contribution in [0.4, 0.5) is 0 Å². The van der Waals surface area contributed by atoms with Crippen LogP contribution in [0, 0.1) is 0 Å². The van der Waals surface area contributed by atoms with E-state index in [1.807, 2.05) is 0 Å². The number of carboxylic acid groups (broad SMARTS) is 1. The smallest absolute Gasteiger partial charge is 0.320 e. The van der Waals surface area contributed by atoms with Crippen molar-refractivity contribution in [3.8, 4) is 5.75 Å². The van der Waals surface area contributed by atoms with Crippen molar-refractivity contribution in [3.05, 3.63) is 29.3 Å². The van der Waals surface area contributed by atoms with Crippen LogP contribution in [-0.2, 0) is 17.8 Å². The molecule has 5 nitrogen and oxygen atoms in total. The van der Waals surface area contributed by atoms with Gasteiger partial charge in [0.05, 0.1) is 13.7 Å². The quantitative estimate of drug-likeness (QED) is 0.663. The van der Waals surface area contributed by atoms with Gasteiger partial charge in [0.2, 0.25) is 0 Å². The maximum absolute atomic E-state index is 10.6. The molecule has 1 aromatic carbocycles. The summed E-state index contributed by atoms with van der Waals surface area (Å²) in [6.45, 7) is -0.153. The minimum atomic E-state index is -1.06. The van der Waals surface area contributed by atoms with E-state index in [1.54, 1.807) is 18.2 Å². The molecule has 0 bridgehead atoms. The first kappa shape index (κ1) is 12.5. The van der Waals surface area contributed by atoms with Gasteiger partial charge in [-0.3, -0.25) is 4.79 Å². The van der Waals surface area contributed by atoms with Crippen LogP contribution in [0.3, 0.4) is 0 Å². The van der Waals surface area contributed by atoms with Gasteiger partial charge in [-0.15, -0.1) is 0 Å². The Morgan fingerprint density at radius 3 is 2.62 bits per heavy atom. The molecule has 0 aromatic heterocycles. The lowest BCUT2D eigenvalue weighted by Crippen LogP contribution is -2.32. The molecule has 0 aliphatic rings. The summed E-state index contributed by atoms with van der Waals surface area (Å²) >= 11 is 0. The minimum Gasteiger partial charge on any atom is -0.496 e. The maximum Gasteiger partial charge on any atom is 0.320 e. The van der Waals surface area contributed by atoms with Crippen molar-refractivity contribution in [3.63, 3.8) is 0 Å². The molecule has 1 aromatic rings. The number of para-hydroxylation sites is 1. The average molecular weight is 225 g/mol. The zero-order valence-electron chi connectivity index (χ0n) is 9.01. The summed E-state index contributed by atoms with van der Waals surface area (Å²) in [5, 5.41) is 17.8. The van der Waals surface area contributed by atoms with E-state index in [4.69, 9.17) is 20.7 Å². The van der Waals surface area contributed by atoms with Crippen LogP contribution in [0.1, 0.15) is 11.1 Å². The number of methoxy groups -OCH3 is 1. The van der Waals surface area contributed by atoms with Crippen LogP contribution in [-0.4, -0.2) is 29.3 Å². The van der Waals surface area contributed by atoms with E-state index < -0.39 is 12.0 Å². The molecule has 88 valence electrons. The van der Waals surface area contributed by atoms with E-state index in [2.05, 4.69) is 0 Å². The second-order valence-electron chi connectivity index (χ2n) is 3.42. The predicted molar refractivity (Wildman–Crippen MR) is 58.2 cm³/mol. The summed E-state index contributed by atoms with van der Waals surface area (Å²) in [7, 11) is 1.48. The molecule has 0 amide bonds. The number of rotatable bonds is 5. The lowest BCUT2D eigenvalue weighted by Gasteiger charge is -2.13. The van der Waals surface area contributed by atoms with Gasteiger partial charge in [-0.05, 0) is 5.56 Å². The largest absolute Gasteiger partial charge is 0.496 e. The number of ether oxygens (including phenoxy) is 1. The second kappa shape index (κ2) is 5.48. The van der Waals surface area contributed by atoms with Gasteiger partial charge in [-0.1, -0.05) is 18.2 Å². The van der Waals surface area contributed by atoms with E-state index in [9.17, 15) is 4.79 Å². The standard InChI is InChI=1S/C11H15NO4/c1-16-10-7(5-9(12)11(14)15)3-2-4-8(10)6-13/h2-4,9,13H,5-6,12H2,1H3,(H,14,15). The Morgan fingerprint density at radius 2 is 2.12 bits per heavy atom. The normalized spacial score (nSPS) is 12.2.